The first-order chi connectivity index (χ1) is 13.2. The molecule has 0 aliphatic heterocycles. The number of aromatic nitrogens is 2. The lowest BCUT2D eigenvalue weighted by Gasteiger charge is -2.27. The number of nitrogens with one attached hydrogen (secondary N) is 3. The van der Waals surface area contributed by atoms with E-state index in [1.165, 1.54) is 12.8 Å². The van der Waals surface area contributed by atoms with Crippen LogP contribution in [-0.4, -0.2) is 45.7 Å². The van der Waals surface area contributed by atoms with Crippen LogP contribution >= 0.6 is 0 Å². The van der Waals surface area contributed by atoms with Crippen molar-refractivity contribution in [2.45, 2.75) is 89.3 Å². The van der Waals surface area contributed by atoms with Crippen LogP contribution in [0.1, 0.15) is 81.5 Å². The van der Waals surface area contributed by atoms with E-state index in [0.717, 1.165) is 57.9 Å². The Labute approximate surface area is 161 Å². The molecule has 1 heterocycles. The summed E-state index contributed by atoms with van der Waals surface area (Å²) in [5.41, 5.74) is 0.508. The van der Waals surface area contributed by atoms with E-state index in [2.05, 4.69) is 32.8 Å². The average molecular weight is 376 g/mol. The Morgan fingerprint density at radius 3 is 2.59 bits per heavy atom. The highest BCUT2D eigenvalue weighted by atomic mass is 16.3. The largest absolute Gasteiger partial charge is 0.393 e. The highest BCUT2D eigenvalue weighted by Gasteiger charge is 2.24. The van der Waals surface area contributed by atoms with Crippen LogP contribution in [0, 0.1) is 0 Å². The van der Waals surface area contributed by atoms with Crippen molar-refractivity contribution in [2.75, 3.05) is 17.2 Å². The van der Waals surface area contributed by atoms with Crippen LogP contribution in [0.5, 0.6) is 0 Å². The fourth-order valence-electron chi connectivity index (χ4n) is 3.87. The van der Waals surface area contributed by atoms with Crippen molar-refractivity contribution in [1.82, 2.24) is 15.3 Å². The molecule has 2 aliphatic rings. The summed E-state index contributed by atoms with van der Waals surface area (Å²) in [4.78, 5) is 21.7. The topological polar surface area (TPSA) is 99.2 Å². The minimum absolute atomic E-state index is 0.0969. The van der Waals surface area contributed by atoms with Gasteiger partial charge >= 0.3 is 0 Å². The number of unbranched alkanes of at least 4 members (excludes halogenated alkanes) is 1. The molecule has 1 aromatic rings. The molecule has 0 bridgehead atoms. The minimum atomic E-state index is -0.204. The van der Waals surface area contributed by atoms with Crippen LogP contribution in [-0.2, 0) is 0 Å². The second kappa shape index (κ2) is 9.88. The van der Waals surface area contributed by atoms with Crippen molar-refractivity contribution < 1.29 is 9.90 Å². The number of nitrogens with zero attached hydrogens (tertiary/aromatic N) is 2. The molecule has 150 valence electrons. The molecule has 2 aliphatic carbocycles. The minimum Gasteiger partial charge on any atom is -0.393 e. The Morgan fingerprint density at radius 2 is 1.89 bits per heavy atom. The fourth-order valence-corrected chi connectivity index (χ4v) is 3.87. The van der Waals surface area contributed by atoms with E-state index in [4.69, 9.17) is 0 Å². The van der Waals surface area contributed by atoms with Gasteiger partial charge in [-0.15, -0.1) is 0 Å². The van der Waals surface area contributed by atoms with Gasteiger partial charge in [0.1, 0.15) is 11.4 Å². The molecule has 1 amide bonds. The Hall–Kier alpha value is -1.89. The van der Waals surface area contributed by atoms with E-state index in [1.54, 1.807) is 6.20 Å². The molecule has 1 aromatic heterocycles. The zero-order valence-corrected chi connectivity index (χ0v) is 16.3. The molecule has 27 heavy (non-hydrogen) atoms. The van der Waals surface area contributed by atoms with Crippen molar-refractivity contribution >= 4 is 17.7 Å². The van der Waals surface area contributed by atoms with Crippen molar-refractivity contribution in [3.05, 3.63) is 11.8 Å². The third-order valence-electron chi connectivity index (χ3n) is 5.57. The van der Waals surface area contributed by atoms with Gasteiger partial charge in [0.05, 0.1) is 6.10 Å². The molecule has 7 heteroatoms. The summed E-state index contributed by atoms with van der Waals surface area (Å²) >= 11 is 0. The van der Waals surface area contributed by atoms with E-state index in [1.807, 2.05) is 0 Å². The van der Waals surface area contributed by atoms with Crippen LogP contribution in [0.2, 0.25) is 0 Å². The number of aliphatic hydroxyl groups excluding tert-OH is 1. The number of carbonyl (C=O) groups excluding carboxylic acids is 1. The maximum Gasteiger partial charge on any atom is 0.256 e. The van der Waals surface area contributed by atoms with Gasteiger partial charge in [0.25, 0.3) is 5.91 Å². The monoisotopic (exact) mass is 375 g/mol. The van der Waals surface area contributed by atoms with Crippen LogP contribution < -0.4 is 16.0 Å². The van der Waals surface area contributed by atoms with Crippen molar-refractivity contribution in [3.8, 4) is 0 Å². The summed E-state index contributed by atoms with van der Waals surface area (Å²) in [5.74, 6) is 1.06. The molecule has 0 unspecified atom stereocenters. The first-order valence-corrected chi connectivity index (χ1v) is 10.5. The molecule has 0 spiro atoms. The molecule has 0 saturated heterocycles. The van der Waals surface area contributed by atoms with E-state index in [-0.39, 0.29) is 24.1 Å². The van der Waals surface area contributed by atoms with E-state index in [9.17, 15) is 9.90 Å². The summed E-state index contributed by atoms with van der Waals surface area (Å²) in [7, 11) is 0. The molecule has 3 rings (SSSR count). The fraction of sp³-hybridized carbons (Fsp3) is 0.750. The molecule has 0 atom stereocenters. The van der Waals surface area contributed by atoms with Gasteiger partial charge in [-0.3, -0.25) is 4.79 Å². The van der Waals surface area contributed by atoms with Crippen LogP contribution in [0.25, 0.3) is 0 Å². The Morgan fingerprint density at radius 1 is 1.15 bits per heavy atom. The van der Waals surface area contributed by atoms with Gasteiger partial charge in [0.2, 0.25) is 5.95 Å². The maximum atomic E-state index is 12.8. The number of carbonyl (C=O) groups is 1. The van der Waals surface area contributed by atoms with Gasteiger partial charge in [0.15, 0.2) is 0 Å². The predicted molar refractivity (Wildman–Crippen MR) is 107 cm³/mol. The first-order valence-electron chi connectivity index (χ1n) is 10.5. The highest BCUT2D eigenvalue weighted by Crippen LogP contribution is 2.24. The molecular weight excluding hydrogens is 342 g/mol. The van der Waals surface area contributed by atoms with Crippen LogP contribution in [0.4, 0.5) is 11.8 Å². The van der Waals surface area contributed by atoms with Gasteiger partial charge in [-0.2, -0.15) is 4.98 Å². The standard InChI is InChI=1S/C20H33N5O2/c1-2-3-12-21-20-22-13-17(19(27)24-14-6-4-5-7-14)18(25-20)23-15-8-10-16(26)11-9-15/h13-16,26H,2-12H2,1H3,(H,24,27)(H2,21,22,23,25)/t15-,16-. The van der Waals surface area contributed by atoms with E-state index >= 15 is 0 Å². The van der Waals surface area contributed by atoms with Crippen LogP contribution in [0.3, 0.4) is 0 Å². The summed E-state index contributed by atoms with van der Waals surface area (Å²) in [5, 5.41) is 19.5. The summed E-state index contributed by atoms with van der Waals surface area (Å²) in [6.07, 6.45) is 11.4. The van der Waals surface area contributed by atoms with Crippen molar-refractivity contribution in [1.29, 1.82) is 0 Å². The van der Waals surface area contributed by atoms with Gasteiger partial charge in [-0.05, 0) is 44.9 Å². The average Bonchev–Trinajstić information content (AvgIpc) is 3.17. The van der Waals surface area contributed by atoms with Crippen LogP contribution in [0.15, 0.2) is 6.20 Å². The number of aliphatic hydroxyl groups is 1. The third-order valence-corrected chi connectivity index (χ3v) is 5.57. The summed E-state index contributed by atoms with van der Waals surface area (Å²) < 4.78 is 0. The quantitative estimate of drug-likeness (QED) is 0.521. The zero-order valence-electron chi connectivity index (χ0n) is 16.3. The molecule has 2 saturated carbocycles. The lowest BCUT2D eigenvalue weighted by Crippen LogP contribution is -2.34. The number of hydrogen-bond acceptors (Lipinski definition) is 6. The zero-order chi connectivity index (χ0) is 19.1. The third kappa shape index (κ3) is 5.79. The lowest BCUT2D eigenvalue weighted by atomic mass is 9.93. The second-order valence-corrected chi connectivity index (χ2v) is 7.84. The molecule has 0 radical (unpaired) electrons. The molecule has 7 nitrogen and oxygen atoms in total. The van der Waals surface area contributed by atoms with Crippen molar-refractivity contribution in [2.24, 2.45) is 0 Å². The van der Waals surface area contributed by atoms with Gasteiger partial charge in [-0.1, -0.05) is 26.2 Å². The SMILES string of the molecule is CCCCNc1ncc(C(=O)NC2CCCC2)c(N[C@H]2CC[C@H](O)CC2)n1. The number of amides is 1. The smallest absolute Gasteiger partial charge is 0.256 e. The van der Waals surface area contributed by atoms with E-state index in [0.29, 0.717) is 17.3 Å². The highest BCUT2D eigenvalue weighted by molar-refractivity contribution is 5.98. The lowest BCUT2D eigenvalue weighted by molar-refractivity contribution is 0.0937. The Balaban J connectivity index is 1.72. The van der Waals surface area contributed by atoms with Crippen molar-refractivity contribution in [3.63, 3.8) is 0 Å². The maximum absolute atomic E-state index is 12.8. The molecule has 4 N–H and O–H groups in total. The number of hydrogen-bond donors (Lipinski definition) is 4. The summed E-state index contributed by atoms with van der Waals surface area (Å²) in [6, 6.07) is 0.488. The molecule has 0 aromatic carbocycles. The second-order valence-electron chi connectivity index (χ2n) is 7.84. The number of rotatable bonds is 8. The predicted octanol–water partition coefficient (Wildman–Crippen LogP) is 3.08. The summed E-state index contributed by atoms with van der Waals surface area (Å²) in [6.45, 7) is 2.96. The van der Waals surface area contributed by atoms with Gasteiger partial charge in [0, 0.05) is 24.8 Å². The molecular formula is C20H33N5O2. The van der Waals surface area contributed by atoms with Gasteiger partial charge in [-0.25, -0.2) is 4.98 Å². The number of anilines is 2. The molecule has 2 fully saturated rings. The van der Waals surface area contributed by atoms with Gasteiger partial charge < -0.3 is 21.1 Å². The van der Waals surface area contributed by atoms with E-state index < -0.39 is 0 Å². The Bertz CT molecular complexity index is 610. The Kier molecular flexibility index (Phi) is 7.26. The first kappa shape index (κ1) is 19.9. The normalized spacial score (nSPS) is 23.2.